The minimum atomic E-state index is -0.258. The van der Waals surface area contributed by atoms with Crippen molar-refractivity contribution in [3.63, 3.8) is 0 Å². The monoisotopic (exact) mass is 376 g/mol. The zero-order valence-corrected chi connectivity index (χ0v) is 14.4. The van der Waals surface area contributed by atoms with Crippen LogP contribution in [0, 0.1) is 0 Å². The first kappa shape index (κ1) is 15.7. The number of rotatable bonds is 5. The standard InChI is InChI=1S/C17H17BrN2O3/c1-3-22-14-6-4-5-11-7-15(23-16(11)14)10(2)20-17(21)13-8-12(18)9-19-13/h4-10,19H,3H2,1-2H3,(H,20,21). The number of benzene rings is 1. The number of aromatic nitrogens is 1. The predicted octanol–water partition coefficient (Wildman–Crippen LogP) is 4.41. The average Bonchev–Trinajstić information content (AvgIpc) is 3.14. The molecule has 2 aromatic heterocycles. The second kappa shape index (κ2) is 6.50. The summed E-state index contributed by atoms with van der Waals surface area (Å²) in [4.78, 5) is 15.1. The molecule has 2 N–H and O–H groups in total. The van der Waals surface area contributed by atoms with E-state index in [9.17, 15) is 4.79 Å². The predicted molar refractivity (Wildman–Crippen MR) is 91.8 cm³/mol. The Bertz CT molecular complexity index is 837. The van der Waals surface area contributed by atoms with E-state index >= 15 is 0 Å². The van der Waals surface area contributed by atoms with Gasteiger partial charge in [-0.15, -0.1) is 0 Å². The van der Waals surface area contributed by atoms with Crippen LogP contribution in [0.4, 0.5) is 0 Å². The third-order valence-electron chi connectivity index (χ3n) is 3.49. The summed E-state index contributed by atoms with van der Waals surface area (Å²) in [7, 11) is 0. The Hall–Kier alpha value is -2.21. The molecule has 0 saturated carbocycles. The van der Waals surface area contributed by atoms with E-state index in [0.29, 0.717) is 29.4 Å². The van der Waals surface area contributed by atoms with Gasteiger partial charge in [-0.3, -0.25) is 4.79 Å². The first-order valence-corrected chi connectivity index (χ1v) is 8.18. The SMILES string of the molecule is CCOc1cccc2cc(C(C)NC(=O)c3cc(Br)c[nH]3)oc12. The Morgan fingerprint density at radius 2 is 2.26 bits per heavy atom. The van der Waals surface area contributed by atoms with E-state index in [-0.39, 0.29) is 11.9 Å². The van der Waals surface area contributed by atoms with Gasteiger partial charge in [-0.1, -0.05) is 12.1 Å². The fraction of sp³-hybridized carbons (Fsp3) is 0.235. The quantitative estimate of drug-likeness (QED) is 0.692. The maximum atomic E-state index is 12.2. The molecule has 0 saturated heterocycles. The van der Waals surface area contributed by atoms with Gasteiger partial charge in [0.2, 0.25) is 0 Å². The fourth-order valence-electron chi connectivity index (χ4n) is 2.38. The van der Waals surface area contributed by atoms with E-state index in [4.69, 9.17) is 9.15 Å². The van der Waals surface area contributed by atoms with Crippen LogP contribution in [0.5, 0.6) is 5.75 Å². The lowest BCUT2D eigenvalue weighted by atomic mass is 10.2. The highest BCUT2D eigenvalue weighted by molar-refractivity contribution is 9.10. The maximum Gasteiger partial charge on any atom is 0.268 e. The molecule has 0 bridgehead atoms. The van der Waals surface area contributed by atoms with Crippen molar-refractivity contribution in [1.29, 1.82) is 0 Å². The third-order valence-corrected chi connectivity index (χ3v) is 3.95. The zero-order valence-electron chi connectivity index (χ0n) is 12.9. The Balaban J connectivity index is 1.82. The molecule has 0 aliphatic rings. The summed E-state index contributed by atoms with van der Waals surface area (Å²) in [6.07, 6.45) is 1.72. The Morgan fingerprint density at radius 3 is 2.96 bits per heavy atom. The largest absolute Gasteiger partial charge is 0.490 e. The second-order valence-electron chi connectivity index (χ2n) is 5.18. The molecule has 23 heavy (non-hydrogen) atoms. The van der Waals surface area contributed by atoms with Gasteiger partial charge in [-0.2, -0.15) is 0 Å². The summed E-state index contributed by atoms with van der Waals surface area (Å²) >= 11 is 3.31. The molecule has 0 aliphatic carbocycles. The molecular formula is C17H17BrN2O3. The number of hydrogen-bond acceptors (Lipinski definition) is 3. The van der Waals surface area contributed by atoms with Crippen LogP contribution in [0.25, 0.3) is 11.0 Å². The van der Waals surface area contributed by atoms with Crippen LogP contribution in [-0.4, -0.2) is 17.5 Å². The van der Waals surface area contributed by atoms with E-state index in [1.54, 1.807) is 12.3 Å². The van der Waals surface area contributed by atoms with Crippen LogP contribution in [-0.2, 0) is 0 Å². The van der Waals surface area contributed by atoms with Gasteiger partial charge in [-0.05, 0) is 48.0 Å². The van der Waals surface area contributed by atoms with Crippen molar-refractivity contribution in [1.82, 2.24) is 10.3 Å². The molecule has 1 unspecified atom stereocenters. The lowest BCUT2D eigenvalue weighted by Crippen LogP contribution is -2.26. The van der Waals surface area contributed by atoms with Crippen molar-refractivity contribution in [3.8, 4) is 5.75 Å². The topological polar surface area (TPSA) is 67.3 Å². The minimum Gasteiger partial charge on any atom is -0.490 e. The molecule has 0 aliphatic heterocycles. The van der Waals surface area contributed by atoms with E-state index in [0.717, 1.165) is 9.86 Å². The smallest absolute Gasteiger partial charge is 0.268 e. The molecule has 1 aromatic carbocycles. The molecule has 1 atom stereocenters. The van der Waals surface area contributed by atoms with Crippen molar-refractivity contribution < 1.29 is 13.9 Å². The summed E-state index contributed by atoms with van der Waals surface area (Å²) < 4.78 is 12.3. The number of furan rings is 1. The fourth-order valence-corrected chi connectivity index (χ4v) is 2.73. The van der Waals surface area contributed by atoms with E-state index in [2.05, 4.69) is 26.2 Å². The number of H-pyrrole nitrogens is 1. The van der Waals surface area contributed by atoms with Crippen molar-refractivity contribution in [2.45, 2.75) is 19.9 Å². The summed E-state index contributed by atoms with van der Waals surface area (Å²) in [5, 5.41) is 3.87. The van der Waals surface area contributed by atoms with Crippen LogP contribution in [0.1, 0.15) is 36.1 Å². The van der Waals surface area contributed by atoms with Gasteiger partial charge >= 0.3 is 0 Å². The number of para-hydroxylation sites is 1. The van der Waals surface area contributed by atoms with Gasteiger partial charge < -0.3 is 19.5 Å². The summed E-state index contributed by atoms with van der Waals surface area (Å²) in [5.41, 5.74) is 1.20. The first-order valence-electron chi connectivity index (χ1n) is 7.38. The summed E-state index contributed by atoms with van der Waals surface area (Å²) in [5.74, 6) is 1.21. The minimum absolute atomic E-state index is 0.186. The number of carbonyl (C=O) groups excluding carboxylic acids is 1. The van der Waals surface area contributed by atoms with Gasteiger partial charge in [0.05, 0.1) is 12.6 Å². The van der Waals surface area contributed by atoms with Crippen LogP contribution in [0.3, 0.4) is 0 Å². The van der Waals surface area contributed by atoms with Crippen LogP contribution in [0.15, 0.2) is 45.4 Å². The molecule has 3 rings (SSSR count). The number of amides is 1. The molecule has 6 heteroatoms. The first-order chi connectivity index (χ1) is 11.1. The highest BCUT2D eigenvalue weighted by Gasteiger charge is 2.17. The lowest BCUT2D eigenvalue weighted by molar-refractivity contribution is 0.0931. The van der Waals surface area contributed by atoms with Gasteiger partial charge in [0, 0.05) is 16.1 Å². The Kier molecular flexibility index (Phi) is 4.43. The molecule has 5 nitrogen and oxygen atoms in total. The molecule has 0 fully saturated rings. The maximum absolute atomic E-state index is 12.2. The number of halogens is 1. The van der Waals surface area contributed by atoms with Crippen LogP contribution >= 0.6 is 15.9 Å². The van der Waals surface area contributed by atoms with Gasteiger partial charge in [0.1, 0.15) is 11.5 Å². The van der Waals surface area contributed by atoms with Crippen LogP contribution in [0.2, 0.25) is 0 Å². The normalized spacial score (nSPS) is 12.3. The van der Waals surface area contributed by atoms with Gasteiger partial charge in [0.25, 0.3) is 5.91 Å². The highest BCUT2D eigenvalue weighted by atomic mass is 79.9. The zero-order chi connectivity index (χ0) is 16.4. The lowest BCUT2D eigenvalue weighted by Gasteiger charge is -2.10. The third kappa shape index (κ3) is 3.27. The molecule has 0 radical (unpaired) electrons. The number of aromatic amines is 1. The average molecular weight is 377 g/mol. The molecule has 3 aromatic rings. The molecule has 1 amide bonds. The molecule has 120 valence electrons. The van der Waals surface area contributed by atoms with Gasteiger partial charge in [-0.25, -0.2) is 0 Å². The number of hydrogen-bond donors (Lipinski definition) is 2. The van der Waals surface area contributed by atoms with Crippen molar-refractivity contribution >= 4 is 32.8 Å². The van der Waals surface area contributed by atoms with E-state index in [1.165, 1.54) is 0 Å². The highest BCUT2D eigenvalue weighted by Crippen LogP contribution is 2.31. The number of nitrogens with one attached hydrogen (secondary N) is 2. The molecule has 2 heterocycles. The number of fused-ring (bicyclic) bond motifs is 1. The second-order valence-corrected chi connectivity index (χ2v) is 6.10. The van der Waals surface area contributed by atoms with E-state index < -0.39 is 0 Å². The van der Waals surface area contributed by atoms with Crippen molar-refractivity contribution in [2.75, 3.05) is 6.61 Å². The summed E-state index contributed by atoms with van der Waals surface area (Å²) in [6, 6.07) is 9.15. The van der Waals surface area contributed by atoms with Gasteiger partial charge in [0.15, 0.2) is 11.3 Å². The Labute approximate surface area is 142 Å². The number of carbonyl (C=O) groups is 1. The summed E-state index contributed by atoms with van der Waals surface area (Å²) in [6.45, 7) is 4.39. The molecular weight excluding hydrogens is 360 g/mol. The van der Waals surface area contributed by atoms with Crippen LogP contribution < -0.4 is 10.1 Å². The van der Waals surface area contributed by atoms with E-state index in [1.807, 2.05) is 38.1 Å². The van der Waals surface area contributed by atoms with Crippen molar-refractivity contribution in [3.05, 3.63) is 52.5 Å². The number of ether oxygens (including phenoxy) is 1. The molecule has 0 spiro atoms. The van der Waals surface area contributed by atoms with Crippen molar-refractivity contribution in [2.24, 2.45) is 0 Å². The Morgan fingerprint density at radius 1 is 1.43 bits per heavy atom.